The van der Waals surface area contributed by atoms with Crippen molar-refractivity contribution in [2.45, 2.75) is 46.0 Å². The van der Waals surface area contributed by atoms with Crippen molar-refractivity contribution in [1.82, 2.24) is 20.8 Å². The van der Waals surface area contributed by atoms with Crippen LogP contribution < -0.4 is 10.6 Å². The van der Waals surface area contributed by atoms with E-state index in [4.69, 9.17) is 0 Å². The molecule has 1 aliphatic rings. The molecule has 0 spiro atoms. The van der Waals surface area contributed by atoms with E-state index in [-0.39, 0.29) is 11.8 Å². The van der Waals surface area contributed by atoms with Crippen LogP contribution in [0.3, 0.4) is 0 Å². The second-order valence-corrected chi connectivity index (χ2v) is 5.68. The molecule has 1 aliphatic heterocycles. The van der Waals surface area contributed by atoms with Crippen molar-refractivity contribution >= 4 is 5.91 Å². The molecule has 0 aliphatic carbocycles. The van der Waals surface area contributed by atoms with Crippen LogP contribution in [-0.4, -0.2) is 35.7 Å². The van der Waals surface area contributed by atoms with Crippen LogP contribution in [0, 0.1) is 19.8 Å². The third-order valence-corrected chi connectivity index (χ3v) is 4.13. The molecule has 2 rings (SSSR count). The van der Waals surface area contributed by atoms with E-state index in [0.717, 1.165) is 63.1 Å². The largest absolute Gasteiger partial charge is 0.356 e. The molecule has 20 heavy (non-hydrogen) atoms. The van der Waals surface area contributed by atoms with Gasteiger partial charge in [-0.1, -0.05) is 0 Å². The zero-order chi connectivity index (χ0) is 14.4. The molecule has 0 radical (unpaired) electrons. The first kappa shape index (κ1) is 15.0. The first-order valence-corrected chi connectivity index (χ1v) is 7.67. The number of aryl methyl sites for hydroxylation is 2. The number of nitrogens with one attached hydrogen (secondary N) is 3. The van der Waals surface area contributed by atoms with Gasteiger partial charge in [0.2, 0.25) is 5.91 Å². The van der Waals surface area contributed by atoms with Gasteiger partial charge >= 0.3 is 0 Å². The van der Waals surface area contributed by atoms with Gasteiger partial charge in [0.25, 0.3) is 0 Å². The highest BCUT2D eigenvalue weighted by Crippen LogP contribution is 2.14. The zero-order valence-corrected chi connectivity index (χ0v) is 12.6. The summed E-state index contributed by atoms with van der Waals surface area (Å²) in [6.07, 6.45) is 5.02. The molecule has 1 atom stereocenters. The van der Waals surface area contributed by atoms with Gasteiger partial charge in [0.05, 0.1) is 5.69 Å². The molecule has 1 aromatic rings. The van der Waals surface area contributed by atoms with Gasteiger partial charge in [-0.3, -0.25) is 9.89 Å². The van der Waals surface area contributed by atoms with Gasteiger partial charge in [0.1, 0.15) is 0 Å². The lowest BCUT2D eigenvalue weighted by molar-refractivity contribution is -0.125. The van der Waals surface area contributed by atoms with Gasteiger partial charge in [0, 0.05) is 18.2 Å². The highest BCUT2D eigenvalue weighted by molar-refractivity contribution is 5.78. The van der Waals surface area contributed by atoms with Crippen LogP contribution in [0.15, 0.2) is 0 Å². The minimum absolute atomic E-state index is 0.197. The van der Waals surface area contributed by atoms with Crippen molar-refractivity contribution < 1.29 is 4.79 Å². The van der Waals surface area contributed by atoms with Gasteiger partial charge in [-0.25, -0.2) is 0 Å². The molecule has 1 fully saturated rings. The quantitative estimate of drug-likeness (QED) is 0.714. The Labute approximate surface area is 120 Å². The van der Waals surface area contributed by atoms with E-state index in [0.29, 0.717) is 0 Å². The minimum atomic E-state index is 0.197. The lowest BCUT2D eigenvalue weighted by Gasteiger charge is -2.13. The molecule has 2 heterocycles. The second kappa shape index (κ2) is 7.43. The van der Waals surface area contributed by atoms with Gasteiger partial charge in [-0.2, -0.15) is 5.10 Å². The Morgan fingerprint density at radius 3 is 2.95 bits per heavy atom. The van der Waals surface area contributed by atoms with Crippen molar-refractivity contribution in [3.63, 3.8) is 0 Å². The van der Waals surface area contributed by atoms with Crippen molar-refractivity contribution in [3.8, 4) is 0 Å². The van der Waals surface area contributed by atoms with Crippen LogP contribution in [0.25, 0.3) is 0 Å². The Morgan fingerprint density at radius 1 is 1.35 bits per heavy atom. The predicted octanol–water partition coefficient (Wildman–Crippen LogP) is 1.47. The summed E-state index contributed by atoms with van der Waals surface area (Å²) >= 11 is 0. The summed E-state index contributed by atoms with van der Waals surface area (Å²) in [7, 11) is 0. The SMILES string of the molecule is Cc1n[nH]c(C)c1CCCNC(=O)[C@@H]1CCCNCC1. The van der Waals surface area contributed by atoms with Crippen molar-refractivity contribution in [2.24, 2.45) is 5.92 Å². The maximum Gasteiger partial charge on any atom is 0.223 e. The topological polar surface area (TPSA) is 69.8 Å². The zero-order valence-electron chi connectivity index (χ0n) is 12.6. The Hall–Kier alpha value is -1.36. The molecule has 5 nitrogen and oxygen atoms in total. The van der Waals surface area contributed by atoms with Gasteiger partial charge in [-0.05, 0) is 64.6 Å². The lowest BCUT2D eigenvalue weighted by atomic mass is 10.00. The Bertz CT molecular complexity index is 414. The lowest BCUT2D eigenvalue weighted by Crippen LogP contribution is -2.32. The molecule has 112 valence electrons. The molecule has 5 heteroatoms. The number of H-pyrrole nitrogens is 1. The van der Waals surface area contributed by atoms with Crippen LogP contribution in [0.4, 0.5) is 0 Å². The van der Waals surface area contributed by atoms with Crippen molar-refractivity contribution in [1.29, 1.82) is 0 Å². The minimum Gasteiger partial charge on any atom is -0.356 e. The average Bonchev–Trinajstić information content (AvgIpc) is 2.67. The number of aromatic nitrogens is 2. The number of carbonyl (C=O) groups excluding carboxylic acids is 1. The molecule has 1 saturated heterocycles. The number of hydrogen-bond acceptors (Lipinski definition) is 3. The fourth-order valence-electron chi connectivity index (χ4n) is 2.84. The average molecular weight is 278 g/mol. The van der Waals surface area contributed by atoms with Crippen LogP contribution in [0.5, 0.6) is 0 Å². The summed E-state index contributed by atoms with van der Waals surface area (Å²) in [4.78, 5) is 12.1. The van der Waals surface area contributed by atoms with E-state index < -0.39 is 0 Å². The normalized spacial score (nSPS) is 19.6. The van der Waals surface area contributed by atoms with Crippen LogP contribution in [-0.2, 0) is 11.2 Å². The summed E-state index contributed by atoms with van der Waals surface area (Å²) in [5, 5.41) is 13.6. The number of nitrogens with zero attached hydrogens (tertiary/aromatic N) is 1. The van der Waals surface area contributed by atoms with Crippen molar-refractivity contribution in [3.05, 3.63) is 17.0 Å². The van der Waals surface area contributed by atoms with E-state index in [2.05, 4.69) is 20.8 Å². The molecule has 0 bridgehead atoms. The van der Waals surface area contributed by atoms with Crippen LogP contribution >= 0.6 is 0 Å². The third kappa shape index (κ3) is 4.07. The summed E-state index contributed by atoms with van der Waals surface area (Å²) in [6, 6.07) is 0. The molecular formula is C15H26N4O. The van der Waals surface area contributed by atoms with E-state index in [1.54, 1.807) is 0 Å². The number of hydrogen-bond donors (Lipinski definition) is 3. The Kier molecular flexibility index (Phi) is 5.59. The molecule has 0 unspecified atom stereocenters. The molecule has 0 saturated carbocycles. The maximum atomic E-state index is 12.1. The monoisotopic (exact) mass is 278 g/mol. The van der Waals surface area contributed by atoms with E-state index >= 15 is 0 Å². The van der Waals surface area contributed by atoms with Crippen LogP contribution in [0.2, 0.25) is 0 Å². The molecular weight excluding hydrogens is 252 g/mol. The molecule has 3 N–H and O–H groups in total. The first-order chi connectivity index (χ1) is 9.68. The molecule has 1 amide bonds. The number of rotatable bonds is 5. The molecule has 1 aromatic heterocycles. The van der Waals surface area contributed by atoms with Gasteiger partial charge in [0.15, 0.2) is 0 Å². The summed E-state index contributed by atoms with van der Waals surface area (Å²) in [5.74, 6) is 0.428. The van der Waals surface area contributed by atoms with E-state index in [1.807, 2.05) is 13.8 Å². The van der Waals surface area contributed by atoms with Crippen LogP contribution in [0.1, 0.15) is 42.6 Å². The van der Waals surface area contributed by atoms with Gasteiger partial charge in [-0.15, -0.1) is 0 Å². The highest BCUT2D eigenvalue weighted by Gasteiger charge is 2.19. The third-order valence-electron chi connectivity index (χ3n) is 4.13. The number of aromatic amines is 1. The number of amides is 1. The Morgan fingerprint density at radius 2 is 2.20 bits per heavy atom. The molecule has 0 aromatic carbocycles. The standard InChI is InChI=1S/C15H26N4O/c1-11-14(12(2)19-18-11)6-4-9-17-15(20)13-5-3-8-16-10-7-13/h13,16H,3-10H2,1-2H3,(H,17,20)(H,18,19)/t13-/m1/s1. The maximum absolute atomic E-state index is 12.1. The summed E-state index contributed by atoms with van der Waals surface area (Å²) < 4.78 is 0. The van der Waals surface area contributed by atoms with E-state index in [1.165, 1.54) is 5.56 Å². The summed E-state index contributed by atoms with van der Waals surface area (Å²) in [6.45, 7) is 6.84. The van der Waals surface area contributed by atoms with E-state index in [9.17, 15) is 4.79 Å². The Balaban J connectivity index is 1.69. The fraction of sp³-hybridized carbons (Fsp3) is 0.733. The summed E-state index contributed by atoms with van der Waals surface area (Å²) in [5.41, 5.74) is 3.50. The van der Waals surface area contributed by atoms with Crippen molar-refractivity contribution in [2.75, 3.05) is 19.6 Å². The fourth-order valence-corrected chi connectivity index (χ4v) is 2.84. The highest BCUT2D eigenvalue weighted by atomic mass is 16.1. The number of carbonyl (C=O) groups is 1. The van der Waals surface area contributed by atoms with Gasteiger partial charge < -0.3 is 10.6 Å². The first-order valence-electron chi connectivity index (χ1n) is 7.67. The second-order valence-electron chi connectivity index (χ2n) is 5.68. The predicted molar refractivity (Wildman–Crippen MR) is 79.6 cm³/mol. The smallest absolute Gasteiger partial charge is 0.223 e.